The monoisotopic (exact) mass is 291 g/mol. The van der Waals surface area contributed by atoms with E-state index in [0.717, 1.165) is 17.1 Å². The Kier molecular flexibility index (Phi) is 5.55. The Hall–Kier alpha value is -1.89. The lowest BCUT2D eigenvalue weighted by atomic mass is 10.3. The van der Waals surface area contributed by atoms with Crippen LogP contribution in [0.3, 0.4) is 0 Å². The van der Waals surface area contributed by atoms with E-state index < -0.39 is 0 Å². The standard InChI is InChI=1S/C13H17N5OS/c1-2-20-7-5-12(19)16-13-15-10-18(17-13)9-11-4-3-6-14-8-11/h3-4,6,8,10H,2,5,7,9H2,1H3,(H,16,17,19). The van der Waals surface area contributed by atoms with Crippen LogP contribution in [0.15, 0.2) is 30.9 Å². The van der Waals surface area contributed by atoms with Gasteiger partial charge in [-0.2, -0.15) is 11.8 Å². The highest BCUT2D eigenvalue weighted by Crippen LogP contribution is 2.05. The molecule has 0 aliphatic heterocycles. The number of nitrogens with zero attached hydrogens (tertiary/aromatic N) is 4. The number of carbonyl (C=O) groups is 1. The molecule has 0 spiro atoms. The van der Waals surface area contributed by atoms with Crippen molar-refractivity contribution in [3.63, 3.8) is 0 Å². The second-order valence-electron chi connectivity index (χ2n) is 4.12. The van der Waals surface area contributed by atoms with Crippen LogP contribution in [0, 0.1) is 0 Å². The zero-order chi connectivity index (χ0) is 14.2. The Labute approximate surface area is 122 Å². The molecule has 2 heterocycles. The van der Waals surface area contributed by atoms with Crippen LogP contribution in [-0.2, 0) is 11.3 Å². The van der Waals surface area contributed by atoms with Crippen LogP contribution >= 0.6 is 11.8 Å². The van der Waals surface area contributed by atoms with Crippen molar-refractivity contribution in [2.75, 3.05) is 16.8 Å². The average Bonchev–Trinajstić information content (AvgIpc) is 2.87. The highest BCUT2D eigenvalue weighted by Gasteiger charge is 2.06. The molecule has 0 fully saturated rings. The molecule has 0 aromatic carbocycles. The van der Waals surface area contributed by atoms with Gasteiger partial charge in [-0.3, -0.25) is 15.1 Å². The average molecular weight is 291 g/mol. The molecule has 0 aliphatic rings. The summed E-state index contributed by atoms with van der Waals surface area (Å²) in [5.41, 5.74) is 1.04. The van der Waals surface area contributed by atoms with Crippen LogP contribution in [0.4, 0.5) is 5.95 Å². The fourth-order valence-electron chi connectivity index (χ4n) is 1.60. The van der Waals surface area contributed by atoms with E-state index in [2.05, 4.69) is 27.3 Å². The predicted molar refractivity (Wildman–Crippen MR) is 79.6 cm³/mol. The van der Waals surface area contributed by atoms with E-state index >= 15 is 0 Å². The lowest BCUT2D eigenvalue weighted by Gasteiger charge is -2.01. The first-order valence-corrected chi connectivity index (χ1v) is 7.59. The maximum atomic E-state index is 11.6. The van der Waals surface area contributed by atoms with Gasteiger partial charge in [-0.15, -0.1) is 5.10 Å². The lowest BCUT2D eigenvalue weighted by molar-refractivity contribution is -0.115. The number of nitrogens with one attached hydrogen (secondary N) is 1. The van der Waals surface area contributed by atoms with Crippen LogP contribution < -0.4 is 5.32 Å². The number of rotatable bonds is 7. The Bertz CT molecular complexity index is 543. The maximum absolute atomic E-state index is 11.6. The summed E-state index contributed by atoms with van der Waals surface area (Å²) in [6.45, 7) is 2.66. The second-order valence-corrected chi connectivity index (χ2v) is 5.52. The summed E-state index contributed by atoms with van der Waals surface area (Å²) in [7, 11) is 0. The summed E-state index contributed by atoms with van der Waals surface area (Å²) in [6, 6.07) is 3.84. The molecule has 106 valence electrons. The third-order valence-corrected chi connectivity index (χ3v) is 3.43. The van der Waals surface area contributed by atoms with Gasteiger partial charge in [0.1, 0.15) is 6.33 Å². The topological polar surface area (TPSA) is 72.7 Å². The Balaban J connectivity index is 1.84. The van der Waals surface area contributed by atoms with Gasteiger partial charge in [0.05, 0.1) is 6.54 Å². The quantitative estimate of drug-likeness (QED) is 0.788. The molecule has 20 heavy (non-hydrogen) atoms. The van der Waals surface area contributed by atoms with E-state index in [1.54, 1.807) is 35.2 Å². The fraction of sp³-hybridized carbons (Fsp3) is 0.385. The maximum Gasteiger partial charge on any atom is 0.248 e. The Morgan fingerprint density at radius 1 is 1.50 bits per heavy atom. The molecule has 7 heteroatoms. The molecule has 0 unspecified atom stereocenters. The Morgan fingerprint density at radius 2 is 2.40 bits per heavy atom. The van der Waals surface area contributed by atoms with Gasteiger partial charge in [0.2, 0.25) is 11.9 Å². The van der Waals surface area contributed by atoms with Crippen molar-refractivity contribution in [3.05, 3.63) is 36.4 Å². The highest BCUT2D eigenvalue weighted by molar-refractivity contribution is 7.99. The molecule has 2 aromatic heterocycles. The summed E-state index contributed by atoms with van der Waals surface area (Å²) in [4.78, 5) is 19.7. The summed E-state index contributed by atoms with van der Waals surface area (Å²) < 4.78 is 1.67. The summed E-state index contributed by atoms with van der Waals surface area (Å²) in [6.07, 6.45) is 5.59. The van der Waals surface area contributed by atoms with Crippen molar-refractivity contribution < 1.29 is 4.79 Å². The molecule has 6 nitrogen and oxygen atoms in total. The van der Waals surface area contributed by atoms with Crippen molar-refractivity contribution in [2.45, 2.75) is 19.9 Å². The summed E-state index contributed by atoms with van der Waals surface area (Å²) >= 11 is 1.74. The molecular weight excluding hydrogens is 274 g/mol. The third-order valence-electron chi connectivity index (χ3n) is 2.53. The van der Waals surface area contributed by atoms with Crippen LogP contribution in [0.5, 0.6) is 0 Å². The molecule has 0 atom stereocenters. The first-order valence-electron chi connectivity index (χ1n) is 6.44. The van der Waals surface area contributed by atoms with Crippen LogP contribution in [0.25, 0.3) is 0 Å². The zero-order valence-electron chi connectivity index (χ0n) is 11.3. The number of carbonyl (C=O) groups excluding carboxylic acids is 1. The van der Waals surface area contributed by atoms with E-state index in [1.807, 2.05) is 12.1 Å². The van der Waals surface area contributed by atoms with E-state index in [9.17, 15) is 4.79 Å². The zero-order valence-corrected chi connectivity index (χ0v) is 12.1. The lowest BCUT2D eigenvalue weighted by Crippen LogP contribution is -2.13. The van der Waals surface area contributed by atoms with Crippen LogP contribution in [0.2, 0.25) is 0 Å². The van der Waals surface area contributed by atoms with Crippen LogP contribution in [0.1, 0.15) is 18.9 Å². The molecule has 1 N–H and O–H groups in total. The number of anilines is 1. The normalized spacial score (nSPS) is 10.4. The van der Waals surface area contributed by atoms with E-state index in [0.29, 0.717) is 18.9 Å². The van der Waals surface area contributed by atoms with Gasteiger partial charge >= 0.3 is 0 Å². The van der Waals surface area contributed by atoms with Crippen molar-refractivity contribution in [1.29, 1.82) is 0 Å². The molecule has 0 bridgehead atoms. The highest BCUT2D eigenvalue weighted by atomic mass is 32.2. The number of thioether (sulfide) groups is 1. The smallest absolute Gasteiger partial charge is 0.248 e. The molecule has 0 aliphatic carbocycles. The minimum absolute atomic E-state index is 0.0509. The molecule has 0 saturated carbocycles. The number of hydrogen-bond acceptors (Lipinski definition) is 5. The summed E-state index contributed by atoms with van der Waals surface area (Å²) in [5.74, 6) is 2.13. The van der Waals surface area contributed by atoms with Gasteiger partial charge in [-0.05, 0) is 17.4 Å². The predicted octanol–water partition coefficient (Wildman–Crippen LogP) is 1.80. The molecule has 0 saturated heterocycles. The van der Waals surface area contributed by atoms with E-state index in [4.69, 9.17) is 0 Å². The van der Waals surface area contributed by atoms with Crippen molar-refractivity contribution in [2.24, 2.45) is 0 Å². The van der Waals surface area contributed by atoms with Crippen molar-refractivity contribution in [1.82, 2.24) is 19.7 Å². The van der Waals surface area contributed by atoms with Gasteiger partial charge in [0.25, 0.3) is 0 Å². The first kappa shape index (κ1) is 14.5. The van der Waals surface area contributed by atoms with Crippen molar-refractivity contribution >= 4 is 23.6 Å². The SMILES string of the molecule is CCSCCC(=O)Nc1ncn(Cc2cccnc2)n1. The molecule has 1 amide bonds. The molecule has 0 radical (unpaired) electrons. The van der Waals surface area contributed by atoms with Gasteiger partial charge < -0.3 is 0 Å². The third kappa shape index (κ3) is 4.65. The fourth-order valence-corrected chi connectivity index (χ4v) is 2.22. The minimum Gasteiger partial charge on any atom is -0.293 e. The van der Waals surface area contributed by atoms with E-state index in [-0.39, 0.29) is 5.91 Å². The summed E-state index contributed by atoms with van der Waals surface area (Å²) in [5, 5.41) is 6.91. The number of pyridine rings is 1. The number of amides is 1. The molecule has 2 rings (SSSR count). The van der Waals surface area contributed by atoms with Crippen LogP contribution in [-0.4, -0.2) is 37.2 Å². The molecule has 2 aromatic rings. The van der Waals surface area contributed by atoms with E-state index in [1.165, 1.54) is 0 Å². The van der Waals surface area contributed by atoms with Gasteiger partial charge in [0.15, 0.2) is 0 Å². The molecular formula is C13H17N5OS. The van der Waals surface area contributed by atoms with Gasteiger partial charge in [0, 0.05) is 24.6 Å². The number of aromatic nitrogens is 4. The largest absolute Gasteiger partial charge is 0.293 e. The number of hydrogen-bond donors (Lipinski definition) is 1. The first-order chi connectivity index (χ1) is 9.78. The Morgan fingerprint density at radius 3 is 3.15 bits per heavy atom. The van der Waals surface area contributed by atoms with Gasteiger partial charge in [-0.1, -0.05) is 13.0 Å². The van der Waals surface area contributed by atoms with Crippen molar-refractivity contribution in [3.8, 4) is 0 Å². The second kappa shape index (κ2) is 7.64. The van der Waals surface area contributed by atoms with Gasteiger partial charge in [-0.25, -0.2) is 9.67 Å². The minimum atomic E-state index is -0.0509.